The Bertz CT molecular complexity index is 963. The Morgan fingerprint density at radius 2 is 1.78 bits per heavy atom. The fourth-order valence-electron chi connectivity index (χ4n) is 2.59. The molecular weight excluding hydrogens is 350 g/mol. The average Bonchev–Trinajstić information content (AvgIpc) is 2.93. The first-order valence-electron chi connectivity index (χ1n) is 8.11. The number of rotatable bonds is 6. The Labute approximate surface area is 155 Å². The van der Waals surface area contributed by atoms with E-state index in [0.717, 1.165) is 17.1 Å². The van der Waals surface area contributed by atoms with Crippen LogP contribution in [0, 0.1) is 30.9 Å². The van der Waals surface area contributed by atoms with Crippen LogP contribution >= 0.6 is 0 Å². The first-order valence-corrected chi connectivity index (χ1v) is 8.11. The number of anilines is 4. The highest BCUT2D eigenvalue weighted by Crippen LogP contribution is 2.31. The summed E-state index contributed by atoms with van der Waals surface area (Å²) in [5.74, 6) is 1.02. The number of benzene rings is 1. The van der Waals surface area contributed by atoms with Crippen molar-refractivity contribution < 1.29 is 9.66 Å². The fraction of sp³-hybridized carbons (Fsp3) is 0.235. The topological polar surface area (TPSA) is 131 Å². The van der Waals surface area contributed by atoms with E-state index >= 15 is 0 Å². The van der Waals surface area contributed by atoms with Gasteiger partial charge in [-0.3, -0.25) is 15.2 Å². The van der Waals surface area contributed by atoms with Crippen LogP contribution in [0.4, 0.5) is 28.8 Å². The predicted molar refractivity (Wildman–Crippen MR) is 101 cm³/mol. The van der Waals surface area contributed by atoms with Gasteiger partial charge in [0.25, 0.3) is 0 Å². The molecule has 0 aliphatic rings. The van der Waals surface area contributed by atoms with Crippen molar-refractivity contribution in [3.05, 3.63) is 51.5 Å². The zero-order valence-electron chi connectivity index (χ0n) is 15.3. The number of ether oxygens (including phenoxy) is 1. The smallest absolute Gasteiger partial charge is 0.332 e. The van der Waals surface area contributed by atoms with Gasteiger partial charge in [0, 0.05) is 5.69 Å². The number of aromatic amines is 1. The molecule has 0 amide bonds. The number of aromatic nitrogens is 4. The highest BCUT2D eigenvalue weighted by molar-refractivity contribution is 5.70. The Morgan fingerprint density at radius 3 is 2.33 bits per heavy atom. The van der Waals surface area contributed by atoms with Gasteiger partial charge in [0.15, 0.2) is 0 Å². The van der Waals surface area contributed by atoms with Gasteiger partial charge in [-0.05, 0) is 45.0 Å². The van der Waals surface area contributed by atoms with E-state index in [1.165, 1.54) is 0 Å². The molecule has 0 bridgehead atoms. The van der Waals surface area contributed by atoms with E-state index in [4.69, 9.17) is 4.74 Å². The SMILES string of the molecule is COc1ccc(Nc2nc(Nc3c(C)n[nH]c3C)nc(C)c2[N+](=O)[O-])cc1. The standard InChI is InChI=1S/C17H19N7O3/c1-9-14(10(2)23-22-9)20-17-18-11(3)15(24(25)26)16(21-17)19-12-5-7-13(27-4)8-6-12/h5-8H,1-4H3,(H,22,23)(H2,18,19,20,21). The second-order valence-corrected chi connectivity index (χ2v) is 5.87. The molecule has 10 heteroatoms. The maximum absolute atomic E-state index is 11.5. The highest BCUT2D eigenvalue weighted by atomic mass is 16.6. The van der Waals surface area contributed by atoms with Crippen LogP contribution in [0.15, 0.2) is 24.3 Å². The van der Waals surface area contributed by atoms with Gasteiger partial charge in [0.05, 0.1) is 29.1 Å². The summed E-state index contributed by atoms with van der Waals surface area (Å²) in [4.78, 5) is 19.5. The van der Waals surface area contributed by atoms with Crippen LogP contribution in [0.25, 0.3) is 0 Å². The first-order chi connectivity index (χ1) is 12.9. The fourth-order valence-corrected chi connectivity index (χ4v) is 2.59. The van der Waals surface area contributed by atoms with Crippen molar-refractivity contribution >= 4 is 28.8 Å². The van der Waals surface area contributed by atoms with Crippen LogP contribution in [0.5, 0.6) is 5.75 Å². The molecule has 0 atom stereocenters. The summed E-state index contributed by atoms with van der Waals surface area (Å²) in [7, 11) is 1.57. The van der Waals surface area contributed by atoms with Crippen molar-refractivity contribution in [3.63, 3.8) is 0 Å². The molecule has 140 valence electrons. The van der Waals surface area contributed by atoms with E-state index in [-0.39, 0.29) is 23.1 Å². The number of hydrogen-bond acceptors (Lipinski definition) is 8. The second-order valence-electron chi connectivity index (χ2n) is 5.87. The molecule has 0 saturated carbocycles. The van der Waals surface area contributed by atoms with Crippen LogP contribution in [-0.2, 0) is 0 Å². The van der Waals surface area contributed by atoms with Crippen molar-refractivity contribution in [2.75, 3.05) is 17.7 Å². The molecule has 3 aromatic rings. The summed E-state index contributed by atoms with van der Waals surface area (Å²) < 4.78 is 5.12. The quantitative estimate of drug-likeness (QED) is 0.444. The van der Waals surface area contributed by atoms with Crippen LogP contribution in [0.2, 0.25) is 0 Å². The number of aryl methyl sites for hydroxylation is 3. The molecule has 0 saturated heterocycles. The van der Waals surface area contributed by atoms with Gasteiger partial charge in [-0.15, -0.1) is 0 Å². The molecule has 0 spiro atoms. The van der Waals surface area contributed by atoms with Gasteiger partial charge in [0.1, 0.15) is 11.4 Å². The molecule has 0 aliphatic carbocycles. The maximum atomic E-state index is 11.5. The second kappa shape index (κ2) is 7.28. The minimum Gasteiger partial charge on any atom is -0.497 e. The molecular formula is C17H19N7O3. The maximum Gasteiger partial charge on any atom is 0.332 e. The zero-order chi connectivity index (χ0) is 19.6. The Balaban J connectivity index is 1.99. The minimum atomic E-state index is -0.501. The summed E-state index contributed by atoms with van der Waals surface area (Å²) in [6.45, 7) is 5.26. The summed E-state index contributed by atoms with van der Waals surface area (Å²) in [5.41, 5.74) is 3.00. The lowest BCUT2D eigenvalue weighted by molar-refractivity contribution is -0.385. The lowest BCUT2D eigenvalue weighted by Crippen LogP contribution is -2.07. The molecule has 2 aromatic heterocycles. The third-order valence-electron chi connectivity index (χ3n) is 3.96. The van der Waals surface area contributed by atoms with E-state index in [0.29, 0.717) is 11.4 Å². The number of methoxy groups -OCH3 is 1. The molecule has 3 rings (SSSR count). The van der Waals surface area contributed by atoms with Gasteiger partial charge < -0.3 is 15.4 Å². The number of hydrogen-bond donors (Lipinski definition) is 3. The lowest BCUT2D eigenvalue weighted by Gasteiger charge is -2.11. The van der Waals surface area contributed by atoms with Gasteiger partial charge in [-0.1, -0.05) is 0 Å². The Morgan fingerprint density at radius 1 is 1.07 bits per heavy atom. The molecule has 1 aromatic carbocycles. The average molecular weight is 369 g/mol. The van der Waals surface area contributed by atoms with Crippen LogP contribution in [0.3, 0.4) is 0 Å². The van der Waals surface area contributed by atoms with Crippen molar-refractivity contribution in [2.24, 2.45) is 0 Å². The van der Waals surface area contributed by atoms with Gasteiger partial charge in [0.2, 0.25) is 11.8 Å². The highest BCUT2D eigenvalue weighted by Gasteiger charge is 2.23. The molecule has 3 N–H and O–H groups in total. The van der Waals surface area contributed by atoms with Crippen molar-refractivity contribution in [1.29, 1.82) is 0 Å². The zero-order valence-corrected chi connectivity index (χ0v) is 15.3. The first kappa shape index (κ1) is 18.1. The number of nitrogens with zero attached hydrogens (tertiary/aromatic N) is 4. The number of nitrogens with one attached hydrogen (secondary N) is 3. The minimum absolute atomic E-state index is 0.0963. The third kappa shape index (κ3) is 3.78. The predicted octanol–water partition coefficient (Wildman–Crippen LogP) is 3.53. The van der Waals surface area contributed by atoms with Gasteiger partial charge >= 0.3 is 5.69 Å². The monoisotopic (exact) mass is 369 g/mol. The largest absolute Gasteiger partial charge is 0.497 e. The van der Waals surface area contributed by atoms with Crippen LogP contribution in [0.1, 0.15) is 17.1 Å². The number of H-pyrrole nitrogens is 1. The third-order valence-corrected chi connectivity index (χ3v) is 3.96. The molecule has 10 nitrogen and oxygen atoms in total. The van der Waals surface area contributed by atoms with Gasteiger partial charge in [-0.25, -0.2) is 4.98 Å². The van der Waals surface area contributed by atoms with Crippen LogP contribution < -0.4 is 15.4 Å². The van der Waals surface area contributed by atoms with E-state index in [1.807, 2.05) is 13.8 Å². The van der Waals surface area contributed by atoms with E-state index in [2.05, 4.69) is 30.8 Å². The molecule has 0 radical (unpaired) electrons. The van der Waals surface area contributed by atoms with Crippen molar-refractivity contribution in [3.8, 4) is 5.75 Å². The van der Waals surface area contributed by atoms with E-state index in [1.54, 1.807) is 38.3 Å². The summed E-state index contributed by atoms with van der Waals surface area (Å²) in [6, 6.07) is 6.99. The molecule has 0 unspecified atom stereocenters. The molecule has 2 heterocycles. The lowest BCUT2D eigenvalue weighted by atomic mass is 10.3. The van der Waals surface area contributed by atoms with E-state index in [9.17, 15) is 10.1 Å². The summed E-state index contributed by atoms with van der Waals surface area (Å²) in [5, 5.41) is 24.5. The summed E-state index contributed by atoms with van der Waals surface area (Å²) >= 11 is 0. The normalized spacial score (nSPS) is 10.5. The number of nitro groups is 1. The van der Waals surface area contributed by atoms with Crippen molar-refractivity contribution in [2.45, 2.75) is 20.8 Å². The Kier molecular flexibility index (Phi) is 4.88. The van der Waals surface area contributed by atoms with Crippen LogP contribution in [-0.4, -0.2) is 32.2 Å². The molecule has 27 heavy (non-hydrogen) atoms. The molecule has 0 aliphatic heterocycles. The van der Waals surface area contributed by atoms with Gasteiger partial charge in [-0.2, -0.15) is 10.1 Å². The molecule has 0 fully saturated rings. The van der Waals surface area contributed by atoms with Crippen molar-refractivity contribution in [1.82, 2.24) is 20.2 Å². The Hall–Kier alpha value is -3.69. The van der Waals surface area contributed by atoms with E-state index < -0.39 is 4.92 Å². The summed E-state index contributed by atoms with van der Waals surface area (Å²) in [6.07, 6.45) is 0.